The summed E-state index contributed by atoms with van der Waals surface area (Å²) in [5.41, 5.74) is 4.86. The van der Waals surface area contributed by atoms with Gasteiger partial charge in [0.2, 0.25) is 0 Å². The number of amides is 1. The number of para-hydroxylation sites is 1. The molecule has 0 aliphatic carbocycles. The molecular weight excluding hydrogens is 236 g/mol. The van der Waals surface area contributed by atoms with Crippen molar-refractivity contribution in [3.63, 3.8) is 0 Å². The Balaban J connectivity index is 2.64. The highest BCUT2D eigenvalue weighted by atomic mass is 32.1. The molecule has 92 valence electrons. The Morgan fingerprint density at radius 2 is 2.06 bits per heavy atom. The van der Waals surface area contributed by atoms with Crippen LogP contribution < -0.4 is 15.8 Å². The third-order valence-electron chi connectivity index (χ3n) is 2.58. The lowest BCUT2D eigenvalue weighted by molar-refractivity contribution is 0.193. The number of rotatable bonds is 4. The summed E-state index contributed by atoms with van der Waals surface area (Å²) in [6.45, 7) is 3.66. The van der Waals surface area contributed by atoms with E-state index in [1.165, 1.54) is 0 Å². The molecule has 0 bridgehead atoms. The van der Waals surface area contributed by atoms with E-state index in [0.717, 1.165) is 0 Å². The topological polar surface area (TPSA) is 64.3 Å². The maximum atomic E-state index is 11.6. The molecular formula is C12H16N2O2S. The fourth-order valence-corrected chi connectivity index (χ4v) is 1.37. The van der Waals surface area contributed by atoms with Gasteiger partial charge in [-0.2, -0.15) is 0 Å². The lowest BCUT2D eigenvalue weighted by Gasteiger charge is -2.27. The second-order valence-electron chi connectivity index (χ2n) is 3.88. The van der Waals surface area contributed by atoms with E-state index in [1.807, 2.05) is 13.0 Å². The first-order chi connectivity index (χ1) is 7.98. The number of hydrogen-bond acceptors (Lipinski definition) is 3. The highest BCUT2D eigenvalue weighted by Gasteiger charge is 2.28. The monoisotopic (exact) mass is 252 g/mol. The molecule has 0 saturated carbocycles. The summed E-state index contributed by atoms with van der Waals surface area (Å²) >= 11 is 4.92. The van der Waals surface area contributed by atoms with E-state index in [1.54, 1.807) is 31.2 Å². The average Bonchev–Trinajstić information content (AvgIpc) is 2.29. The molecule has 0 radical (unpaired) electrons. The molecule has 0 heterocycles. The number of nitrogens with one attached hydrogen (secondary N) is 1. The molecule has 1 rings (SSSR count). The van der Waals surface area contributed by atoms with Crippen molar-refractivity contribution in [1.29, 1.82) is 0 Å². The molecule has 0 fully saturated rings. The van der Waals surface area contributed by atoms with Crippen LogP contribution in [0.2, 0.25) is 0 Å². The molecule has 1 unspecified atom stereocenters. The predicted octanol–water partition coefficient (Wildman–Crippen LogP) is 2.23. The number of hydrogen-bond donors (Lipinski definition) is 2. The molecule has 0 saturated heterocycles. The van der Waals surface area contributed by atoms with Crippen molar-refractivity contribution in [3.05, 3.63) is 30.3 Å². The number of thiocarbonyl (C=S) groups is 1. The highest BCUT2D eigenvalue weighted by molar-refractivity contribution is 7.80. The standard InChI is InChI=1S/C12H16N2O2S/c1-3-12(2,10(13)17)14-11(15)16-9-7-5-4-6-8-9/h4-8H,3H2,1-2H3,(H2,13,17)(H,14,15). The van der Waals surface area contributed by atoms with Gasteiger partial charge in [0.05, 0.1) is 10.5 Å². The van der Waals surface area contributed by atoms with Crippen LogP contribution in [0.4, 0.5) is 4.79 Å². The van der Waals surface area contributed by atoms with Crippen LogP contribution in [-0.2, 0) is 0 Å². The van der Waals surface area contributed by atoms with Gasteiger partial charge in [-0.25, -0.2) is 4.79 Å². The summed E-state index contributed by atoms with van der Waals surface area (Å²) in [6.07, 6.45) is 0.0417. The molecule has 1 amide bonds. The van der Waals surface area contributed by atoms with Gasteiger partial charge in [0, 0.05) is 0 Å². The molecule has 3 N–H and O–H groups in total. The van der Waals surface area contributed by atoms with E-state index in [4.69, 9.17) is 22.7 Å². The largest absolute Gasteiger partial charge is 0.413 e. The Morgan fingerprint density at radius 1 is 1.47 bits per heavy atom. The summed E-state index contributed by atoms with van der Waals surface area (Å²) < 4.78 is 5.10. The summed E-state index contributed by atoms with van der Waals surface area (Å²) in [4.78, 5) is 11.9. The van der Waals surface area contributed by atoms with Crippen molar-refractivity contribution in [2.75, 3.05) is 0 Å². The zero-order valence-corrected chi connectivity index (χ0v) is 10.7. The lowest BCUT2D eigenvalue weighted by Crippen LogP contribution is -2.54. The van der Waals surface area contributed by atoms with E-state index in [2.05, 4.69) is 5.32 Å². The van der Waals surface area contributed by atoms with Gasteiger partial charge in [-0.1, -0.05) is 37.3 Å². The van der Waals surface area contributed by atoms with Gasteiger partial charge in [-0.3, -0.25) is 0 Å². The van der Waals surface area contributed by atoms with Gasteiger partial charge in [0.1, 0.15) is 5.75 Å². The predicted molar refractivity (Wildman–Crippen MR) is 71.1 cm³/mol. The van der Waals surface area contributed by atoms with Crippen LogP contribution in [0.25, 0.3) is 0 Å². The third-order valence-corrected chi connectivity index (χ3v) is 3.03. The van der Waals surface area contributed by atoms with E-state index >= 15 is 0 Å². The smallest absolute Gasteiger partial charge is 0.410 e. The van der Waals surface area contributed by atoms with Gasteiger partial charge in [0.25, 0.3) is 0 Å². The fraction of sp³-hybridized carbons (Fsp3) is 0.333. The van der Waals surface area contributed by atoms with E-state index in [9.17, 15) is 4.79 Å². The van der Waals surface area contributed by atoms with Crippen LogP contribution in [0.3, 0.4) is 0 Å². The zero-order valence-electron chi connectivity index (χ0n) is 9.90. The number of carbonyl (C=O) groups excluding carboxylic acids is 1. The second-order valence-corrected chi connectivity index (χ2v) is 4.32. The van der Waals surface area contributed by atoms with Crippen LogP contribution in [0.15, 0.2) is 30.3 Å². The van der Waals surface area contributed by atoms with Crippen molar-refractivity contribution in [2.45, 2.75) is 25.8 Å². The quantitative estimate of drug-likeness (QED) is 0.807. The van der Waals surface area contributed by atoms with E-state index < -0.39 is 11.6 Å². The van der Waals surface area contributed by atoms with Crippen LogP contribution in [0.1, 0.15) is 20.3 Å². The Hall–Kier alpha value is -1.62. The normalized spacial score (nSPS) is 13.5. The molecule has 17 heavy (non-hydrogen) atoms. The Bertz CT molecular complexity index is 408. The molecule has 0 aromatic heterocycles. The van der Waals surface area contributed by atoms with Crippen molar-refractivity contribution in [1.82, 2.24) is 5.32 Å². The maximum absolute atomic E-state index is 11.6. The van der Waals surface area contributed by atoms with Crippen LogP contribution in [0, 0.1) is 0 Å². The minimum absolute atomic E-state index is 0.241. The zero-order chi connectivity index (χ0) is 12.9. The number of carbonyl (C=O) groups is 1. The number of benzene rings is 1. The highest BCUT2D eigenvalue weighted by Crippen LogP contribution is 2.12. The second kappa shape index (κ2) is 5.63. The molecule has 1 atom stereocenters. The molecule has 4 nitrogen and oxygen atoms in total. The molecule has 1 aromatic carbocycles. The summed E-state index contributed by atoms with van der Waals surface area (Å²) in [7, 11) is 0. The SMILES string of the molecule is CCC(C)(NC(=O)Oc1ccccc1)C(N)=S. The van der Waals surface area contributed by atoms with Gasteiger partial charge in [-0.05, 0) is 25.5 Å². The number of nitrogens with two attached hydrogens (primary N) is 1. The first kappa shape index (κ1) is 13.4. The van der Waals surface area contributed by atoms with Crippen LogP contribution in [0.5, 0.6) is 5.75 Å². The van der Waals surface area contributed by atoms with Crippen LogP contribution in [-0.4, -0.2) is 16.6 Å². The Kier molecular flexibility index (Phi) is 4.45. The molecule has 1 aromatic rings. The summed E-state index contributed by atoms with van der Waals surface area (Å²) in [6, 6.07) is 8.81. The minimum atomic E-state index is -0.721. The van der Waals surface area contributed by atoms with Gasteiger partial charge < -0.3 is 15.8 Å². The van der Waals surface area contributed by atoms with E-state index in [0.29, 0.717) is 12.2 Å². The lowest BCUT2D eigenvalue weighted by atomic mass is 10.00. The van der Waals surface area contributed by atoms with Gasteiger partial charge >= 0.3 is 6.09 Å². The summed E-state index contributed by atoms with van der Waals surface area (Å²) in [5.74, 6) is 0.478. The van der Waals surface area contributed by atoms with E-state index in [-0.39, 0.29) is 4.99 Å². The molecule has 5 heteroatoms. The van der Waals surface area contributed by atoms with Crippen molar-refractivity contribution in [3.8, 4) is 5.75 Å². The Labute approximate surface area is 106 Å². The average molecular weight is 252 g/mol. The summed E-state index contributed by atoms with van der Waals surface area (Å²) in [5, 5.41) is 2.66. The van der Waals surface area contributed by atoms with Crippen molar-refractivity contribution in [2.24, 2.45) is 5.73 Å². The maximum Gasteiger partial charge on any atom is 0.413 e. The van der Waals surface area contributed by atoms with Crippen molar-refractivity contribution >= 4 is 23.3 Å². The van der Waals surface area contributed by atoms with Gasteiger partial charge in [-0.15, -0.1) is 0 Å². The fourth-order valence-electron chi connectivity index (χ4n) is 1.17. The molecule has 0 aliphatic heterocycles. The Morgan fingerprint density at radius 3 is 2.53 bits per heavy atom. The van der Waals surface area contributed by atoms with Gasteiger partial charge in [0.15, 0.2) is 0 Å². The van der Waals surface area contributed by atoms with Crippen molar-refractivity contribution < 1.29 is 9.53 Å². The first-order valence-corrected chi connectivity index (χ1v) is 5.73. The minimum Gasteiger partial charge on any atom is -0.410 e. The number of ether oxygens (including phenoxy) is 1. The third kappa shape index (κ3) is 3.71. The first-order valence-electron chi connectivity index (χ1n) is 5.33. The molecule has 0 spiro atoms. The van der Waals surface area contributed by atoms with Crippen LogP contribution >= 0.6 is 12.2 Å². The molecule has 0 aliphatic rings.